The molecule has 0 spiro atoms. The minimum atomic E-state index is -0.868. The lowest BCUT2D eigenvalue weighted by Crippen LogP contribution is -2.43. The van der Waals surface area contributed by atoms with Crippen molar-refractivity contribution in [3.8, 4) is 11.5 Å². The molecule has 1 fully saturated rings. The van der Waals surface area contributed by atoms with Crippen LogP contribution in [0.1, 0.15) is 18.5 Å². The first-order valence-electron chi connectivity index (χ1n) is 7.74. The maximum absolute atomic E-state index is 12.9. The Labute approximate surface area is 137 Å². The molecule has 0 saturated carbocycles. The van der Waals surface area contributed by atoms with E-state index in [1.165, 1.54) is 18.4 Å². The molecule has 126 valence electrons. The predicted molar refractivity (Wildman–Crippen MR) is 82.5 cm³/mol. The second-order valence-electron chi connectivity index (χ2n) is 5.84. The molecule has 1 aliphatic rings. The van der Waals surface area contributed by atoms with Gasteiger partial charge in [-0.2, -0.15) is 0 Å². The first-order valence-corrected chi connectivity index (χ1v) is 7.74. The molecule has 1 aromatic carbocycles. The van der Waals surface area contributed by atoms with Gasteiger partial charge in [0.1, 0.15) is 12.1 Å². The highest BCUT2D eigenvalue weighted by atomic mass is 19.1. The number of carboxylic acids is 1. The Balaban J connectivity index is 1.65. The fourth-order valence-corrected chi connectivity index (χ4v) is 2.79. The SMILES string of the molecule is O=C(O)[C@H]1CCCN(C(=O)Cc2coc(-c3ccc(F)cc3)n2)C1. The van der Waals surface area contributed by atoms with Gasteiger partial charge in [-0.05, 0) is 37.1 Å². The normalized spacial score (nSPS) is 17.7. The highest BCUT2D eigenvalue weighted by molar-refractivity contribution is 5.79. The van der Waals surface area contributed by atoms with Crippen molar-refractivity contribution in [3.05, 3.63) is 42.0 Å². The number of halogens is 1. The topological polar surface area (TPSA) is 83.6 Å². The van der Waals surface area contributed by atoms with Crippen molar-refractivity contribution in [1.82, 2.24) is 9.88 Å². The van der Waals surface area contributed by atoms with E-state index in [2.05, 4.69) is 4.98 Å². The molecule has 24 heavy (non-hydrogen) atoms. The van der Waals surface area contributed by atoms with E-state index in [-0.39, 0.29) is 24.7 Å². The number of nitrogens with zero attached hydrogens (tertiary/aromatic N) is 2. The predicted octanol–water partition coefficient (Wildman–Crippen LogP) is 2.35. The summed E-state index contributed by atoms with van der Waals surface area (Å²) in [6.07, 6.45) is 2.73. The van der Waals surface area contributed by atoms with Crippen molar-refractivity contribution in [2.75, 3.05) is 13.1 Å². The number of aliphatic carboxylic acids is 1. The molecule has 1 aliphatic heterocycles. The number of benzene rings is 1. The van der Waals surface area contributed by atoms with Gasteiger partial charge in [-0.3, -0.25) is 9.59 Å². The number of amides is 1. The molecule has 1 atom stereocenters. The van der Waals surface area contributed by atoms with Gasteiger partial charge < -0.3 is 14.4 Å². The van der Waals surface area contributed by atoms with Crippen molar-refractivity contribution in [1.29, 1.82) is 0 Å². The van der Waals surface area contributed by atoms with Gasteiger partial charge in [-0.1, -0.05) is 0 Å². The van der Waals surface area contributed by atoms with E-state index >= 15 is 0 Å². The number of hydrogen-bond donors (Lipinski definition) is 1. The van der Waals surface area contributed by atoms with E-state index in [4.69, 9.17) is 9.52 Å². The number of likely N-dealkylation sites (tertiary alicyclic amines) is 1. The Morgan fingerprint density at radius 1 is 1.33 bits per heavy atom. The fourth-order valence-electron chi connectivity index (χ4n) is 2.79. The number of carbonyl (C=O) groups excluding carboxylic acids is 1. The van der Waals surface area contributed by atoms with Crippen LogP contribution in [0, 0.1) is 11.7 Å². The Hall–Kier alpha value is -2.70. The zero-order valence-corrected chi connectivity index (χ0v) is 12.9. The zero-order chi connectivity index (χ0) is 17.1. The standard InChI is InChI=1S/C17H17FN2O4/c18-13-5-3-11(4-6-13)16-19-14(10-24-16)8-15(21)20-7-1-2-12(9-20)17(22)23/h3-6,10,12H,1-2,7-9H2,(H,22,23)/t12-/m0/s1. The maximum atomic E-state index is 12.9. The average molecular weight is 332 g/mol. The van der Waals surface area contributed by atoms with Gasteiger partial charge in [0.25, 0.3) is 0 Å². The van der Waals surface area contributed by atoms with Crippen LogP contribution in [0.2, 0.25) is 0 Å². The van der Waals surface area contributed by atoms with Gasteiger partial charge >= 0.3 is 5.97 Å². The lowest BCUT2D eigenvalue weighted by Gasteiger charge is -2.30. The Morgan fingerprint density at radius 3 is 2.79 bits per heavy atom. The molecule has 0 bridgehead atoms. The molecule has 3 rings (SSSR count). The van der Waals surface area contributed by atoms with Crippen LogP contribution in [0.25, 0.3) is 11.5 Å². The summed E-state index contributed by atoms with van der Waals surface area (Å²) in [6, 6.07) is 5.72. The number of oxazole rings is 1. The molecule has 0 aliphatic carbocycles. The third kappa shape index (κ3) is 3.61. The van der Waals surface area contributed by atoms with Gasteiger partial charge in [-0.25, -0.2) is 9.37 Å². The van der Waals surface area contributed by atoms with E-state index in [9.17, 15) is 14.0 Å². The Morgan fingerprint density at radius 2 is 2.08 bits per heavy atom. The smallest absolute Gasteiger partial charge is 0.308 e. The third-order valence-corrected chi connectivity index (χ3v) is 4.10. The summed E-state index contributed by atoms with van der Waals surface area (Å²) in [5, 5.41) is 9.08. The van der Waals surface area contributed by atoms with Crippen molar-refractivity contribution in [3.63, 3.8) is 0 Å². The molecule has 2 aromatic rings. The lowest BCUT2D eigenvalue weighted by molar-refractivity contribution is -0.145. The number of carboxylic acid groups (broad SMARTS) is 1. The van der Waals surface area contributed by atoms with Crippen molar-refractivity contribution >= 4 is 11.9 Å². The number of piperidine rings is 1. The van der Waals surface area contributed by atoms with Crippen molar-refractivity contribution in [2.24, 2.45) is 5.92 Å². The van der Waals surface area contributed by atoms with E-state index in [1.807, 2.05) is 0 Å². The fraction of sp³-hybridized carbons (Fsp3) is 0.353. The molecule has 6 nitrogen and oxygen atoms in total. The lowest BCUT2D eigenvalue weighted by atomic mass is 9.98. The summed E-state index contributed by atoms with van der Waals surface area (Å²) in [4.78, 5) is 29.2. The zero-order valence-electron chi connectivity index (χ0n) is 12.9. The van der Waals surface area contributed by atoms with Gasteiger partial charge in [0, 0.05) is 18.7 Å². The highest BCUT2D eigenvalue weighted by Gasteiger charge is 2.28. The second kappa shape index (κ2) is 6.82. The number of hydrogen-bond acceptors (Lipinski definition) is 4. The summed E-state index contributed by atoms with van der Waals surface area (Å²) < 4.78 is 18.3. The van der Waals surface area contributed by atoms with Crippen LogP contribution in [0.15, 0.2) is 34.9 Å². The molecule has 0 radical (unpaired) electrons. The molecule has 1 N–H and O–H groups in total. The molecular weight excluding hydrogens is 315 g/mol. The van der Waals surface area contributed by atoms with Gasteiger partial charge in [0.15, 0.2) is 0 Å². The molecule has 1 saturated heterocycles. The van der Waals surface area contributed by atoms with E-state index < -0.39 is 11.9 Å². The first kappa shape index (κ1) is 16.2. The number of aromatic nitrogens is 1. The second-order valence-corrected chi connectivity index (χ2v) is 5.84. The van der Waals surface area contributed by atoms with Gasteiger partial charge in [-0.15, -0.1) is 0 Å². The Kier molecular flexibility index (Phi) is 4.59. The molecule has 2 heterocycles. The van der Waals surface area contributed by atoms with Gasteiger partial charge in [0.2, 0.25) is 11.8 Å². The van der Waals surface area contributed by atoms with Crippen LogP contribution in [-0.2, 0) is 16.0 Å². The molecule has 1 amide bonds. The molecule has 0 unspecified atom stereocenters. The van der Waals surface area contributed by atoms with Gasteiger partial charge in [0.05, 0.1) is 18.0 Å². The monoisotopic (exact) mass is 332 g/mol. The molecular formula is C17H17FN2O4. The van der Waals surface area contributed by atoms with Crippen LogP contribution in [-0.4, -0.2) is 40.0 Å². The highest BCUT2D eigenvalue weighted by Crippen LogP contribution is 2.21. The third-order valence-electron chi connectivity index (χ3n) is 4.10. The van der Waals surface area contributed by atoms with Crippen LogP contribution < -0.4 is 0 Å². The average Bonchev–Trinajstić information content (AvgIpc) is 3.04. The minimum Gasteiger partial charge on any atom is -0.481 e. The van der Waals surface area contributed by atoms with Crippen molar-refractivity contribution < 1.29 is 23.5 Å². The summed E-state index contributed by atoms with van der Waals surface area (Å²) in [5.41, 5.74) is 1.09. The Bertz CT molecular complexity index is 741. The summed E-state index contributed by atoms with van der Waals surface area (Å²) in [7, 11) is 0. The van der Waals surface area contributed by atoms with Crippen LogP contribution in [0.4, 0.5) is 4.39 Å². The van der Waals surface area contributed by atoms with Crippen molar-refractivity contribution in [2.45, 2.75) is 19.3 Å². The number of carbonyl (C=O) groups is 2. The maximum Gasteiger partial charge on any atom is 0.308 e. The summed E-state index contributed by atoms with van der Waals surface area (Å²) in [6.45, 7) is 0.794. The quantitative estimate of drug-likeness (QED) is 0.929. The largest absolute Gasteiger partial charge is 0.481 e. The minimum absolute atomic E-state index is 0.0526. The van der Waals surface area contributed by atoms with E-state index in [0.29, 0.717) is 36.5 Å². The van der Waals surface area contributed by atoms with Crippen LogP contribution >= 0.6 is 0 Å². The van der Waals surface area contributed by atoms with E-state index in [0.717, 1.165) is 0 Å². The van der Waals surface area contributed by atoms with Crippen LogP contribution in [0.5, 0.6) is 0 Å². The van der Waals surface area contributed by atoms with Crippen LogP contribution in [0.3, 0.4) is 0 Å². The first-order chi connectivity index (χ1) is 11.5. The summed E-state index contributed by atoms with van der Waals surface area (Å²) in [5.74, 6) is -1.57. The molecule has 1 aromatic heterocycles. The van der Waals surface area contributed by atoms with E-state index in [1.54, 1.807) is 17.0 Å². The summed E-state index contributed by atoms with van der Waals surface area (Å²) >= 11 is 0. The number of rotatable bonds is 4. The molecule has 7 heteroatoms.